The third kappa shape index (κ3) is 3.24. The molecule has 2 aliphatic rings. The number of aromatic nitrogens is 1. The Morgan fingerprint density at radius 1 is 1.26 bits per heavy atom. The topological polar surface area (TPSA) is 54.5 Å². The number of likely N-dealkylation sites (tertiary alicyclic amines) is 1. The monoisotopic (exact) mass is 369 g/mol. The summed E-state index contributed by atoms with van der Waals surface area (Å²) in [5, 5.41) is 3.20. The number of aryl methyl sites for hydroxylation is 1. The minimum absolute atomic E-state index is 0.130. The van der Waals surface area contributed by atoms with Crippen molar-refractivity contribution in [2.45, 2.75) is 38.1 Å². The second kappa shape index (κ2) is 7.18. The summed E-state index contributed by atoms with van der Waals surface area (Å²) >= 11 is 0. The number of ether oxygens (including phenoxy) is 1. The van der Waals surface area contributed by atoms with Gasteiger partial charge in [-0.15, -0.1) is 0 Å². The molecule has 1 fully saturated rings. The molecule has 3 heterocycles. The molecule has 1 N–H and O–H groups in total. The van der Waals surface area contributed by atoms with Crippen LogP contribution in [0.15, 0.2) is 36.5 Å². The van der Waals surface area contributed by atoms with E-state index in [1.807, 2.05) is 17.0 Å². The summed E-state index contributed by atoms with van der Waals surface area (Å²) in [6.45, 7) is 3.65. The number of hydrogen-bond acceptors (Lipinski definition) is 3. The predicted octanol–water partition coefficient (Wildman–Crippen LogP) is 3.75. The van der Waals surface area contributed by atoms with Gasteiger partial charge < -0.3 is 15.0 Å². The van der Waals surface area contributed by atoms with Crippen LogP contribution in [0.1, 0.15) is 42.5 Å². The van der Waals surface area contributed by atoms with E-state index in [9.17, 15) is 9.18 Å². The van der Waals surface area contributed by atoms with E-state index in [4.69, 9.17) is 4.74 Å². The fourth-order valence-electron chi connectivity index (χ4n) is 3.95. The smallest absolute Gasteiger partial charge is 0.318 e. The molecule has 6 heteroatoms. The molecule has 0 spiro atoms. The number of hydrogen-bond donors (Lipinski definition) is 1. The average molecular weight is 369 g/mol. The second-order valence-corrected chi connectivity index (χ2v) is 7.30. The van der Waals surface area contributed by atoms with E-state index in [-0.39, 0.29) is 11.8 Å². The third-order valence-corrected chi connectivity index (χ3v) is 5.54. The van der Waals surface area contributed by atoms with E-state index >= 15 is 0 Å². The number of carbonyl (C=O) groups is 1. The number of nitrogens with zero attached hydrogens (tertiary/aromatic N) is 2. The van der Waals surface area contributed by atoms with Gasteiger partial charge in [0.2, 0.25) is 0 Å². The molecule has 1 atom stereocenters. The lowest BCUT2D eigenvalue weighted by molar-refractivity contribution is 0.160. The molecule has 0 unspecified atom stereocenters. The van der Waals surface area contributed by atoms with Crippen LogP contribution in [-0.2, 0) is 5.54 Å². The van der Waals surface area contributed by atoms with Gasteiger partial charge in [0.25, 0.3) is 0 Å². The molecule has 0 aliphatic carbocycles. The molecule has 2 aliphatic heterocycles. The van der Waals surface area contributed by atoms with Crippen molar-refractivity contribution in [3.05, 3.63) is 59.2 Å². The summed E-state index contributed by atoms with van der Waals surface area (Å²) in [4.78, 5) is 19.4. The first-order valence-electron chi connectivity index (χ1n) is 9.52. The van der Waals surface area contributed by atoms with Crippen LogP contribution in [0.3, 0.4) is 0 Å². The summed E-state index contributed by atoms with van der Waals surface area (Å²) in [5.74, 6) is 0.340. The van der Waals surface area contributed by atoms with Crippen molar-refractivity contribution < 1.29 is 13.9 Å². The zero-order valence-corrected chi connectivity index (χ0v) is 15.5. The maximum atomic E-state index is 14.4. The normalized spacial score (nSPS) is 21.9. The lowest BCUT2D eigenvalue weighted by Crippen LogP contribution is -2.55. The highest BCUT2D eigenvalue weighted by atomic mass is 19.1. The lowest BCUT2D eigenvalue weighted by atomic mass is 9.81. The number of nitrogens with one attached hydrogen (secondary N) is 1. The molecule has 5 nitrogen and oxygen atoms in total. The van der Waals surface area contributed by atoms with Crippen molar-refractivity contribution >= 4 is 6.03 Å². The minimum Gasteiger partial charge on any atom is -0.491 e. The first kappa shape index (κ1) is 17.8. The largest absolute Gasteiger partial charge is 0.491 e. The molecule has 0 bridgehead atoms. The van der Waals surface area contributed by atoms with Crippen LogP contribution in [0.2, 0.25) is 0 Å². The van der Waals surface area contributed by atoms with Gasteiger partial charge in [-0.2, -0.15) is 0 Å². The van der Waals surface area contributed by atoms with Gasteiger partial charge in [-0.3, -0.25) is 4.98 Å². The summed E-state index contributed by atoms with van der Waals surface area (Å²) < 4.78 is 20.2. The molecule has 1 aromatic heterocycles. The van der Waals surface area contributed by atoms with E-state index in [2.05, 4.69) is 10.3 Å². The van der Waals surface area contributed by atoms with Gasteiger partial charge in [-0.25, -0.2) is 9.18 Å². The van der Waals surface area contributed by atoms with Gasteiger partial charge in [0.05, 0.1) is 6.61 Å². The summed E-state index contributed by atoms with van der Waals surface area (Å²) in [5.41, 5.74) is 0.992. The molecule has 2 aromatic rings. The Kier molecular flexibility index (Phi) is 4.72. The van der Waals surface area contributed by atoms with Crippen molar-refractivity contribution in [1.82, 2.24) is 15.2 Å². The van der Waals surface area contributed by atoms with Crippen LogP contribution in [0.4, 0.5) is 9.18 Å². The van der Waals surface area contributed by atoms with Crippen LogP contribution in [0.5, 0.6) is 5.75 Å². The quantitative estimate of drug-likeness (QED) is 0.877. The molecule has 1 saturated heterocycles. The number of piperidine rings is 1. The first-order chi connectivity index (χ1) is 13.1. The summed E-state index contributed by atoms with van der Waals surface area (Å²) in [7, 11) is 0. The highest BCUT2D eigenvalue weighted by molar-refractivity contribution is 5.76. The number of pyridine rings is 1. The number of fused-ring (bicyclic) bond motifs is 1. The van der Waals surface area contributed by atoms with Gasteiger partial charge in [0.15, 0.2) is 0 Å². The lowest BCUT2D eigenvalue weighted by Gasteiger charge is -2.40. The number of benzene rings is 1. The highest BCUT2D eigenvalue weighted by Gasteiger charge is 2.43. The van der Waals surface area contributed by atoms with Gasteiger partial charge >= 0.3 is 6.03 Å². The fourth-order valence-corrected chi connectivity index (χ4v) is 3.95. The number of amides is 2. The number of rotatable bonds is 2. The van der Waals surface area contributed by atoms with Crippen LogP contribution in [0, 0.1) is 12.7 Å². The predicted molar refractivity (Wildman–Crippen MR) is 100 cm³/mol. The zero-order valence-electron chi connectivity index (χ0n) is 15.5. The maximum Gasteiger partial charge on any atom is 0.318 e. The van der Waals surface area contributed by atoms with E-state index in [1.165, 1.54) is 6.07 Å². The van der Waals surface area contributed by atoms with Crippen LogP contribution < -0.4 is 10.1 Å². The molecule has 27 heavy (non-hydrogen) atoms. The standard InChI is InChI=1S/C21H24FN3O2/c1-15-7-8-16(14-17(15)22)21(24-20(26)25-11-3-2-4-12-25)9-13-27-18-6-5-10-23-19(18)21/h5-8,10,14H,2-4,9,11-13H2,1H3,(H,24,26)/t21-/m0/s1. The Bertz CT molecular complexity index is 851. The highest BCUT2D eigenvalue weighted by Crippen LogP contribution is 2.41. The van der Waals surface area contributed by atoms with Gasteiger partial charge in [0.1, 0.15) is 22.8 Å². The molecule has 0 radical (unpaired) electrons. The van der Waals surface area contributed by atoms with E-state index in [1.54, 1.807) is 25.3 Å². The Hall–Kier alpha value is -2.63. The van der Waals surface area contributed by atoms with E-state index in [0.29, 0.717) is 35.6 Å². The van der Waals surface area contributed by atoms with Gasteiger partial charge in [-0.05, 0) is 55.5 Å². The third-order valence-electron chi connectivity index (χ3n) is 5.54. The van der Waals surface area contributed by atoms with Crippen molar-refractivity contribution in [2.75, 3.05) is 19.7 Å². The van der Waals surface area contributed by atoms with Crippen molar-refractivity contribution in [3.63, 3.8) is 0 Å². The Morgan fingerprint density at radius 2 is 2.07 bits per heavy atom. The minimum atomic E-state index is -0.905. The molecule has 0 saturated carbocycles. The Labute approximate surface area is 158 Å². The van der Waals surface area contributed by atoms with Crippen LogP contribution in [-0.4, -0.2) is 35.6 Å². The fraction of sp³-hybridized carbons (Fsp3) is 0.429. The van der Waals surface area contributed by atoms with Crippen LogP contribution in [0.25, 0.3) is 0 Å². The number of carbonyl (C=O) groups excluding carboxylic acids is 1. The Morgan fingerprint density at radius 3 is 2.85 bits per heavy atom. The molecular formula is C21H24FN3O2. The maximum absolute atomic E-state index is 14.4. The van der Waals surface area contributed by atoms with Crippen molar-refractivity contribution in [1.29, 1.82) is 0 Å². The van der Waals surface area contributed by atoms with Gasteiger partial charge in [-0.1, -0.05) is 12.1 Å². The molecule has 1 aromatic carbocycles. The molecular weight excluding hydrogens is 345 g/mol. The van der Waals surface area contributed by atoms with Gasteiger partial charge in [0, 0.05) is 25.7 Å². The number of halogens is 1. The van der Waals surface area contributed by atoms with E-state index < -0.39 is 5.54 Å². The Balaban J connectivity index is 1.78. The zero-order chi connectivity index (χ0) is 18.9. The molecule has 142 valence electrons. The average Bonchev–Trinajstić information content (AvgIpc) is 2.71. The van der Waals surface area contributed by atoms with Crippen molar-refractivity contribution in [3.8, 4) is 5.75 Å². The van der Waals surface area contributed by atoms with Crippen LogP contribution >= 0.6 is 0 Å². The van der Waals surface area contributed by atoms with E-state index in [0.717, 1.165) is 32.4 Å². The van der Waals surface area contributed by atoms with Crippen molar-refractivity contribution in [2.24, 2.45) is 0 Å². The molecule has 2 amide bonds. The SMILES string of the molecule is Cc1ccc([C@@]2(NC(=O)N3CCCCC3)CCOc3cccnc32)cc1F. The first-order valence-corrected chi connectivity index (χ1v) is 9.52. The number of urea groups is 1. The summed E-state index contributed by atoms with van der Waals surface area (Å²) in [6, 6.07) is 8.64. The summed E-state index contributed by atoms with van der Waals surface area (Å²) in [6.07, 6.45) is 5.35. The second-order valence-electron chi connectivity index (χ2n) is 7.30. The molecule has 4 rings (SSSR count).